The Morgan fingerprint density at radius 1 is 1.19 bits per heavy atom. The number of hydrogen-bond acceptors (Lipinski definition) is 7. The summed E-state index contributed by atoms with van der Waals surface area (Å²) in [5.41, 5.74) is 1.26. The summed E-state index contributed by atoms with van der Waals surface area (Å²) in [4.78, 5) is 12.8. The van der Waals surface area contributed by atoms with Crippen molar-refractivity contribution in [2.45, 2.75) is 23.1 Å². The number of sulfonamides is 1. The Bertz CT molecular complexity index is 1170. The maximum atomic E-state index is 12.8. The quantitative estimate of drug-likeness (QED) is 0.337. The van der Waals surface area contributed by atoms with Crippen LogP contribution < -0.4 is 9.62 Å². The summed E-state index contributed by atoms with van der Waals surface area (Å²) in [5, 5.41) is 11.4. The van der Waals surface area contributed by atoms with Crippen molar-refractivity contribution >= 4 is 73.0 Å². The van der Waals surface area contributed by atoms with Crippen molar-refractivity contribution in [1.29, 1.82) is 0 Å². The average molecular weight is 517 g/mol. The van der Waals surface area contributed by atoms with Crippen molar-refractivity contribution < 1.29 is 13.2 Å². The van der Waals surface area contributed by atoms with Crippen LogP contribution in [-0.2, 0) is 20.6 Å². The molecule has 7 nitrogen and oxygen atoms in total. The number of anilines is 2. The Kier molecular flexibility index (Phi) is 7.82. The molecule has 31 heavy (non-hydrogen) atoms. The van der Waals surface area contributed by atoms with Gasteiger partial charge in [0.25, 0.3) is 0 Å². The number of benzene rings is 2. The molecule has 1 N–H and O–H groups in total. The topological polar surface area (TPSA) is 92.3 Å². The lowest BCUT2D eigenvalue weighted by atomic mass is 10.2. The van der Waals surface area contributed by atoms with Crippen LogP contribution >= 0.6 is 46.3 Å². The highest BCUT2D eigenvalue weighted by atomic mass is 35.5. The van der Waals surface area contributed by atoms with Gasteiger partial charge in [0.15, 0.2) is 4.34 Å². The number of rotatable bonds is 8. The van der Waals surface area contributed by atoms with Gasteiger partial charge >= 0.3 is 0 Å². The Labute approximate surface area is 198 Å². The van der Waals surface area contributed by atoms with E-state index in [2.05, 4.69) is 15.5 Å². The van der Waals surface area contributed by atoms with Crippen LogP contribution in [0.3, 0.4) is 0 Å². The molecule has 0 unspecified atom stereocenters. The van der Waals surface area contributed by atoms with Gasteiger partial charge in [-0.1, -0.05) is 76.6 Å². The zero-order valence-electron chi connectivity index (χ0n) is 16.5. The Morgan fingerprint density at radius 2 is 1.90 bits per heavy atom. The molecule has 0 bridgehead atoms. The van der Waals surface area contributed by atoms with Crippen LogP contribution in [0, 0.1) is 0 Å². The van der Waals surface area contributed by atoms with Gasteiger partial charge in [-0.25, -0.2) is 8.42 Å². The Morgan fingerprint density at radius 3 is 2.58 bits per heavy atom. The lowest BCUT2D eigenvalue weighted by Crippen LogP contribution is -2.45. The molecule has 0 fully saturated rings. The van der Waals surface area contributed by atoms with E-state index in [-0.39, 0.29) is 15.8 Å². The number of hydrogen-bond donors (Lipinski definition) is 1. The molecule has 1 amide bonds. The number of nitrogens with one attached hydrogen (secondary N) is 1. The summed E-state index contributed by atoms with van der Waals surface area (Å²) >= 11 is 14.9. The number of nitrogens with zero attached hydrogens (tertiary/aromatic N) is 3. The second-order valence-corrected chi connectivity index (χ2v) is 11.4. The highest BCUT2D eigenvalue weighted by molar-refractivity contribution is 8.00. The highest BCUT2D eigenvalue weighted by Crippen LogP contribution is 2.33. The molecule has 12 heteroatoms. The molecule has 2 aromatic carbocycles. The van der Waals surface area contributed by atoms with E-state index < -0.39 is 22.0 Å². The van der Waals surface area contributed by atoms with Gasteiger partial charge in [-0.3, -0.25) is 14.4 Å². The van der Waals surface area contributed by atoms with E-state index in [4.69, 9.17) is 23.2 Å². The molecule has 0 aliphatic carbocycles. The normalized spacial score (nSPS) is 12.4. The predicted molar refractivity (Wildman–Crippen MR) is 128 cm³/mol. The number of carbonyl (C=O) groups is 1. The number of aromatic nitrogens is 2. The predicted octanol–water partition coefficient (Wildman–Crippen LogP) is 4.93. The van der Waals surface area contributed by atoms with Crippen molar-refractivity contribution in [2.24, 2.45) is 0 Å². The number of halogens is 2. The summed E-state index contributed by atoms with van der Waals surface area (Å²) in [7, 11) is -3.84. The fraction of sp³-hybridized carbons (Fsp3) is 0.211. The Balaban J connectivity index is 1.72. The van der Waals surface area contributed by atoms with Crippen LogP contribution in [0.2, 0.25) is 10.0 Å². The molecular formula is C19H18Cl2N4O3S3. The summed E-state index contributed by atoms with van der Waals surface area (Å²) in [6, 6.07) is 13.2. The van der Waals surface area contributed by atoms with Crippen LogP contribution in [0.4, 0.5) is 10.8 Å². The first-order chi connectivity index (χ1) is 14.6. The SMILES string of the molecule is C[C@@H](C(=O)Nc1nnc(SCc2ccccc2)s1)N(c1cc(Cl)ccc1Cl)S(C)(=O)=O. The summed E-state index contributed by atoms with van der Waals surface area (Å²) in [5.74, 6) is 0.145. The van der Waals surface area contributed by atoms with Gasteiger partial charge in [-0.05, 0) is 30.7 Å². The first kappa shape index (κ1) is 23.8. The van der Waals surface area contributed by atoms with Gasteiger partial charge < -0.3 is 0 Å². The standard InChI is InChI=1S/C19H18Cl2N4O3S3/c1-12(25(31(2,27)28)16-10-14(20)8-9-15(16)21)17(26)22-18-23-24-19(30-18)29-11-13-6-4-3-5-7-13/h3-10,12H,11H2,1-2H3,(H,22,23,26)/t12-/m0/s1. The van der Waals surface area contributed by atoms with E-state index in [1.165, 1.54) is 48.2 Å². The third-order valence-electron chi connectivity index (χ3n) is 4.08. The van der Waals surface area contributed by atoms with Crippen LogP contribution in [0.15, 0.2) is 52.9 Å². The van der Waals surface area contributed by atoms with Crippen LogP contribution in [-0.4, -0.2) is 36.8 Å². The third kappa shape index (κ3) is 6.33. The van der Waals surface area contributed by atoms with E-state index in [0.29, 0.717) is 9.36 Å². The second kappa shape index (κ2) is 10.2. The number of carbonyl (C=O) groups excluding carboxylic acids is 1. The smallest absolute Gasteiger partial charge is 0.249 e. The van der Waals surface area contributed by atoms with E-state index in [1.807, 2.05) is 30.3 Å². The van der Waals surface area contributed by atoms with Crippen molar-refractivity contribution in [2.75, 3.05) is 15.9 Å². The van der Waals surface area contributed by atoms with Gasteiger partial charge in [0.05, 0.1) is 17.0 Å². The van der Waals surface area contributed by atoms with Crippen molar-refractivity contribution in [1.82, 2.24) is 10.2 Å². The maximum Gasteiger partial charge on any atom is 0.249 e. The van der Waals surface area contributed by atoms with Crippen LogP contribution in [0.5, 0.6) is 0 Å². The molecule has 1 aromatic heterocycles. The van der Waals surface area contributed by atoms with Gasteiger partial charge in [0.2, 0.25) is 21.1 Å². The number of thioether (sulfide) groups is 1. The molecule has 0 spiro atoms. The van der Waals surface area contributed by atoms with Crippen LogP contribution in [0.1, 0.15) is 12.5 Å². The van der Waals surface area contributed by atoms with Gasteiger partial charge in [0.1, 0.15) is 6.04 Å². The minimum absolute atomic E-state index is 0.121. The molecule has 1 atom stereocenters. The molecule has 164 valence electrons. The summed E-state index contributed by atoms with van der Waals surface area (Å²) in [6.07, 6.45) is 0.997. The Hall–Kier alpha value is -1.85. The van der Waals surface area contributed by atoms with Crippen LogP contribution in [0.25, 0.3) is 0 Å². The molecule has 3 rings (SSSR count). The van der Waals surface area contributed by atoms with Gasteiger partial charge in [-0.2, -0.15) is 0 Å². The molecule has 0 aliphatic rings. The molecule has 0 saturated carbocycles. The minimum atomic E-state index is -3.84. The van der Waals surface area contributed by atoms with E-state index in [9.17, 15) is 13.2 Å². The molecule has 1 heterocycles. The zero-order chi connectivity index (χ0) is 22.6. The maximum absolute atomic E-state index is 12.8. The zero-order valence-corrected chi connectivity index (χ0v) is 20.4. The fourth-order valence-electron chi connectivity index (χ4n) is 2.68. The second-order valence-electron chi connectivity index (χ2n) is 6.47. The molecule has 0 saturated heterocycles. The fourth-order valence-corrected chi connectivity index (χ4v) is 6.00. The summed E-state index contributed by atoms with van der Waals surface area (Å²) in [6.45, 7) is 1.46. The molecule has 0 radical (unpaired) electrons. The van der Waals surface area contributed by atoms with E-state index >= 15 is 0 Å². The minimum Gasteiger partial charge on any atom is -0.299 e. The molecular weight excluding hydrogens is 499 g/mol. The van der Waals surface area contributed by atoms with Crippen molar-refractivity contribution in [3.05, 3.63) is 64.1 Å². The van der Waals surface area contributed by atoms with Gasteiger partial charge in [0, 0.05) is 10.8 Å². The first-order valence-electron chi connectivity index (χ1n) is 8.90. The van der Waals surface area contributed by atoms with E-state index in [0.717, 1.165) is 21.9 Å². The molecule has 0 aliphatic heterocycles. The molecule has 3 aromatic rings. The first-order valence-corrected chi connectivity index (χ1v) is 13.3. The lowest BCUT2D eigenvalue weighted by Gasteiger charge is -2.28. The average Bonchev–Trinajstić information content (AvgIpc) is 3.16. The van der Waals surface area contributed by atoms with Crippen molar-refractivity contribution in [3.8, 4) is 0 Å². The van der Waals surface area contributed by atoms with E-state index in [1.54, 1.807) is 0 Å². The largest absolute Gasteiger partial charge is 0.299 e. The number of amides is 1. The lowest BCUT2D eigenvalue weighted by molar-refractivity contribution is -0.116. The highest BCUT2D eigenvalue weighted by Gasteiger charge is 2.31. The summed E-state index contributed by atoms with van der Waals surface area (Å²) < 4.78 is 26.5. The van der Waals surface area contributed by atoms with Gasteiger partial charge in [-0.15, -0.1) is 10.2 Å². The monoisotopic (exact) mass is 516 g/mol. The van der Waals surface area contributed by atoms with Crippen molar-refractivity contribution in [3.63, 3.8) is 0 Å². The third-order valence-corrected chi connectivity index (χ3v) is 7.90.